The zero-order valence-electron chi connectivity index (χ0n) is 11.1. The van der Waals surface area contributed by atoms with Crippen LogP contribution >= 0.6 is 0 Å². The molecule has 0 radical (unpaired) electrons. The van der Waals surface area contributed by atoms with Crippen molar-refractivity contribution >= 4 is 22.3 Å². The van der Waals surface area contributed by atoms with Crippen molar-refractivity contribution in [2.24, 2.45) is 0 Å². The number of nitrogen functional groups attached to an aromatic ring is 1. The number of fused-ring (bicyclic) bond motifs is 1. The molecule has 0 aliphatic rings. The number of rotatable bonds is 4. The standard InChI is InChI=1S/C16H16N4/c17-14-9-15(11-18-10-14)19-8-6-13-4-1-3-12-5-2-7-20-16(12)13/h1-5,7,9-11,19H,6,8,17H2. The number of hydrogen-bond acceptors (Lipinski definition) is 4. The maximum atomic E-state index is 5.70. The van der Waals surface area contributed by atoms with Gasteiger partial charge in [-0.3, -0.25) is 9.97 Å². The lowest BCUT2D eigenvalue weighted by molar-refractivity contribution is 1.02. The first-order valence-corrected chi connectivity index (χ1v) is 6.60. The minimum absolute atomic E-state index is 0.668. The molecule has 0 spiro atoms. The highest BCUT2D eigenvalue weighted by Gasteiger charge is 2.01. The molecule has 4 heteroatoms. The lowest BCUT2D eigenvalue weighted by Crippen LogP contribution is -2.06. The van der Waals surface area contributed by atoms with Crippen molar-refractivity contribution in [3.05, 3.63) is 60.6 Å². The topological polar surface area (TPSA) is 63.8 Å². The van der Waals surface area contributed by atoms with E-state index in [1.807, 2.05) is 18.3 Å². The van der Waals surface area contributed by atoms with Gasteiger partial charge in [-0.15, -0.1) is 0 Å². The number of para-hydroxylation sites is 1. The van der Waals surface area contributed by atoms with Crippen molar-refractivity contribution in [1.82, 2.24) is 9.97 Å². The molecule has 4 nitrogen and oxygen atoms in total. The fourth-order valence-electron chi connectivity index (χ4n) is 2.27. The van der Waals surface area contributed by atoms with Gasteiger partial charge in [0.15, 0.2) is 0 Å². The Bertz CT molecular complexity index is 719. The predicted molar refractivity (Wildman–Crippen MR) is 82.6 cm³/mol. The van der Waals surface area contributed by atoms with Crippen LogP contribution in [-0.4, -0.2) is 16.5 Å². The largest absolute Gasteiger partial charge is 0.397 e. The lowest BCUT2D eigenvalue weighted by Gasteiger charge is -2.08. The van der Waals surface area contributed by atoms with Gasteiger partial charge in [-0.25, -0.2) is 0 Å². The van der Waals surface area contributed by atoms with E-state index in [1.54, 1.807) is 12.4 Å². The number of nitrogens with one attached hydrogen (secondary N) is 1. The average Bonchev–Trinajstić information content (AvgIpc) is 2.48. The third kappa shape index (κ3) is 2.69. The Morgan fingerprint density at radius 2 is 2.00 bits per heavy atom. The van der Waals surface area contributed by atoms with E-state index >= 15 is 0 Å². The van der Waals surface area contributed by atoms with E-state index < -0.39 is 0 Å². The van der Waals surface area contributed by atoms with Crippen molar-refractivity contribution in [2.45, 2.75) is 6.42 Å². The van der Waals surface area contributed by atoms with Crippen molar-refractivity contribution in [3.8, 4) is 0 Å². The van der Waals surface area contributed by atoms with Crippen LogP contribution in [0.15, 0.2) is 55.0 Å². The molecule has 0 aliphatic heterocycles. The summed E-state index contributed by atoms with van der Waals surface area (Å²) in [7, 11) is 0. The first-order valence-electron chi connectivity index (χ1n) is 6.60. The normalized spacial score (nSPS) is 10.6. The van der Waals surface area contributed by atoms with E-state index in [9.17, 15) is 0 Å². The Labute approximate surface area is 117 Å². The van der Waals surface area contributed by atoms with Crippen LogP contribution in [0.4, 0.5) is 11.4 Å². The second kappa shape index (κ2) is 5.57. The summed E-state index contributed by atoms with van der Waals surface area (Å²) < 4.78 is 0. The third-order valence-corrected chi connectivity index (χ3v) is 3.20. The van der Waals surface area contributed by atoms with Crippen molar-refractivity contribution in [1.29, 1.82) is 0 Å². The summed E-state index contributed by atoms with van der Waals surface area (Å²) in [5.74, 6) is 0. The van der Waals surface area contributed by atoms with E-state index in [2.05, 4.69) is 39.6 Å². The minimum Gasteiger partial charge on any atom is -0.397 e. The summed E-state index contributed by atoms with van der Waals surface area (Å²) in [6, 6.07) is 12.2. The Morgan fingerprint density at radius 3 is 2.90 bits per heavy atom. The van der Waals surface area contributed by atoms with Gasteiger partial charge in [-0.1, -0.05) is 24.3 Å². The highest BCUT2D eigenvalue weighted by molar-refractivity contribution is 5.81. The summed E-state index contributed by atoms with van der Waals surface area (Å²) in [5, 5.41) is 4.50. The Hall–Kier alpha value is -2.62. The molecule has 2 aromatic heterocycles. The number of aromatic nitrogens is 2. The minimum atomic E-state index is 0.668. The zero-order valence-corrected chi connectivity index (χ0v) is 11.1. The first-order chi connectivity index (χ1) is 9.83. The molecule has 0 bridgehead atoms. The SMILES string of the molecule is Nc1cncc(NCCc2cccc3cccnc23)c1. The zero-order chi connectivity index (χ0) is 13.8. The van der Waals surface area contributed by atoms with Crippen LogP contribution in [0.25, 0.3) is 10.9 Å². The highest BCUT2D eigenvalue weighted by atomic mass is 14.9. The fourth-order valence-corrected chi connectivity index (χ4v) is 2.27. The lowest BCUT2D eigenvalue weighted by atomic mass is 10.1. The second-order valence-corrected chi connectivity index (χ2v) is 4.68. The molecule has 0 amide bonds. The summed E-state index contributed by atoms with van der Waals surface area (Å²) >= 11 is 0. The Balaban J connectivity index is 1.71. The number of pyridine rings is 2. The number of nitrogens with zero attached hydrogens (tertiary/aromatic N) is 2. The number of anilines is 2. The van der Waals surface area contributed by atoms with Gasteiger partial charge < -0.3 is 11.1 Å². The molecule has 3 aromatic rings. The highest BCUT2D eigenvalue weighted by Crippen LogP contribution is 2.17. The number of nitrogens with two attached hydrogens (primary N) is 1. The van der Waals surface area contributed by atoms with Crippen molar-refractivity contribution < 1.29 is 0 Å². The predicted octanol–water partition coefficient (Wildman–Crippen LogP) is 2.87. The molecule has 20 heavy (non-hydrogen) atoms. The van der Waals surface area contributed by atoms with Crippen LogP contribution < -0.4 is 11.1 Å². The third-order valence-electron chi connectivity index (χ3n) is 3.20. The summed E-state index contributed by atoms with van der Waals surface area (Å²) in [6.45, 7) is 0.820. The van der Waals surface area contributed by atoms with Crippen LogP contribution in [-0.2, 0) is 6.42 Å². The van der Waals surface area contributed by atoms with Gasteiger partial charge in [0.05, 0.1) is 23.1 Å². The molecule has 3 N–H and O–H groups in total. The molecule has 0 atom stereocenters. The molecular weight excluding hydrogens is 248 g/mol. The molecule has 0 saturated carbocycles. The number of hydrogen-bond donors (Lipinski definition) is 2. The molecule has 3 rings (SSSR count). The van der Waals surface area contributed by atoms with Crippen molar-refractivity contribution in [3.63, 3.8) is 0 Å². The Morgan fingerprint density at radius 1 is 1.10 bits per heavy atom. The van der Waals surface area contributed by atoms with Crippen molar-refractivity contribution in [2.75, 3.05) is 17.6 Å². The van der Waals surface area contributed by atoms with Gasteiger partial charge in [0.2, 0.25) is 0 Å². The monoisotopic (exact) mass is 264 g/mol. The smallest absolute Gasteiger partial charge is 0.0734 e. The molecule has 1 aromatic carbocycles. The molecular formula is C16H16N4. The summed E-state index contributed by atoms with van der Waals surface area (Å²) in [6.07, 6.45) is 6.15. The first kappa shape index (κ1) is 12.4. The van der Waals surface area contributed by atoms with E-state index in [0.29, 0.717) is 5.69 Å². The molecule has 100 valence electrons. The number of benzene rings is 1. The maximum Gasteiger partial charge on any atom is 0.0734 e. The molecule has 0 aliphatic carbocycles. The van der Waals surface area contributed by atoms with Gasteiger partial charge in [-0.05, 0) is 24.1 Å². The van der Waals surface area contributed by atoms with E-state index in [1.165, 1.54) is 10.9 Å². The summed E-state index contributed by atoms with van der Waals surface area (Å²) in [4.78, 5) is 8.52. The van der Waals surface area contributed by atoms with E-state index in [0.717, 1.165) is 24.2 Å². The van der Waals surface area contributed by atoms with Crippen LogP contribution in [0, 0.1) is 0 Å². The second-order valence-electron chi connectivity index (χ2n) is 4.68. The van der Waals surface area contributed by atoms with Gasteiger partial charge in [0.1, 0.15) is 0 Å². The molecule has 0 fully saturated rings. The van der Waals surface area contributed by atoms with Crippen LogP contribution in [0.2, 0.25) is 0 Å². The van der Waals surface area contributed by atoms with Gasteiger partial charge >= 0.3 is 0 Å². The molecule has 2 heterocycles. The van der Waals surface area contributed by atoms with E-state index in [4.69, 9.17) is 5.73 Å². The van der Waals surface area contributed by atoms with Crippen LogP contribution in [0.5, 0.6) is 0 Å². The van der Waals surface area contributed by atoms with Crippen LogP contribution in [0.3, 0.4) is 0 Å². The maximum absolute atomic E-state index is 5.70. The molecule has 0 saturated heterocycles. The molecule has 0 unspecified atom stereocenters. The van der Waals surface area contributed by atoms with Crippen LogP contribution in [0.1, 0.15) is 5.56 Å². The van der Waals surface area contributed by atoms with Gasteiger partial charge in [0, 0.05) is 24.3 Å². The van der Waals surface area contributed by atoms with Gasteiger partial charge in [0.25, 0.3) is 0 Å². The Kier molecular flexibility index (Phi) is 3.46. The van der Waals surface area contributed by atoms with E-state index in [-0.39, 0.29) is 0 Å². The van der Waals surface area contributed by atoms with Gasteiger partial charge in [-0.2, -0.15) is 0 Å². The quantitative estimate of drug-likeness (QED) is 0.760. The average molecular weight is 264 g/mol. The fraction of sp³-hybridized carbons (Fsp3) is 0.125. The summed E-state index contributed by atoms with van der Waals surface area (Å²) in [5.41, 5.74) is 9.63.